The van der Waals surface area contributed by atoms with E-state index in [-0.39, 0.29) is 24.7 Å². The van der Waals surface area contributed by atoms with Crippen molar-refractivity contribution in [1.29, 1.82) is 5.41 Å². The Morgan fingerprint density at radius 2 is 2.03 bits per heavy atom. The Kier molecular flexibility index (Phi) is 9.54. The Bertz CT molecular complexity index is 1100. The Hall–Kier alpha value is -3.53. The fourth-order valence-corrected chi connectivity index (χ4v) is 4.14. The van der Waals surface area contributed by atoms with Gasteiger partial charge >= 0.3 is 5.97 Å². The first kappa shape index (κ1) is 26.1. The van der Waals surface area contributed by atoms with Gasteiger partial charge in [0.2, 0.25) is 17.8 Å². The first-order valence-corrected chi connectivity index (χ1v) is 11.9. The van der Waals surface area contributed by atoms with Gasteiger partial charge in [-0.05, 0) is 37.3 Å². The molecule has 2 bridgehead atoms. The number of guanidine groups is 1. The number of allylic oxidation sites excluding steroid dienone is 1. The molecule has 11 heteroatoms. The van der Waals surface area contributed by atoms with Crippen LogP contribution < -0.4 is 20.8 Å². The fraction of sp³-hybridized carbons (Fsp3) is 0.417. The summed E-state index contributed by atoms with van der Waals surface area (Å²) < 4.78 is 6.92. The number of methoxy groups -OCH3 is 1. The Balaban J connectivity index is 1.81. The van der Waals surface area contributed by atoms with Gasteiger partial charge in [-0.2, -0.15) is 0 Å². The maximum atomic E-state index is 13.1. The predicted molar refractivity (Wildman–Crippen MR) is 134 cm³/mol. The van der Waals surface area contributed by atoms with E-state index in [1.807, 2.05) is 42.6 Å². The highest BCUT2D eigenvalue weighted by molar-refractivity contribution is 6.21. The molecule has 0 unspecified atom stereocenters. The zero-order valence-electron chi connectivity index (χ0n) is 19.6. The van der Waals surface area contributed by atoms with Crippen LogP contribution in [-0.2, 0) is 32.1 Å². The lowest BCUT2D eigenvalue weighted by atomic mass is 10.1. The summed E-state index contributed by atoms with van der Waals surface area (Å²) >= 11 is 5.35. The summed E-state index contributed by atoms with van der Waals surface area (Å²) in [6, 6.07) is 6.19. The standard InChI is InChI=1S/C24H31ClN6O4/c1-35-23(34)19-10-5-7-13-31-15-16(17-8-2-3-11-20(17)31)14-21(32)28-18(22(33)29-19)9-4-6-12-27-24(26)30-25/h2-3,5,7-8,11,15,18-19H,4,6,9-10,12-14H2,1H3,(H,28,32)(H,29,33)(H3,26,27,30)/t18-,19+/m0/s1. The molecule has 1 aromatic heterocycles. The molecule has 0 aliphatic carbocycles. The molecule has 2 aromatic rings. The first-order chi connectivity index (χ1) is 16.9. The number of aromatic nitrogens is 1. The number of unbranched alkanes of at least 4 members (excludes halogenated alkanes) is 1. The molecule has 1 aliphatic heterocycles. The molecule has 10 nitrogen and oxygen atoms in total. The molecule has 3 rings (SSSR count). The normalized spacial score (nSPS) is 18.8. The lowest BCUT2D eigenvalue weighted by Crippen LogP contribution is -2.52. The lowest BCUT2D eigenvalue weighted by Gasteiger charge is -2.22. The van der Waals surface area contributed by atoms with Crippen LogP contribution >= 0.6 is 11.8 Å². The Morgan fingerprint density at radius 3 is 2.80 bits per heavy atom. The number of hydrogen-bond acceptors (Lipinski definition) is 5. The summed E-state index contributed by atoms with van der Waals surface area (Å²) in [6.45, 7) is 1.05. The van der Waals surface area contributed by atoms with Crippen LogP contribution in [0.5, 0.6) is 0 Å². The molecule has 2 amide bonds. The minimum Gasteiger partial charge on any atom is -0.467 e. The number of para-hydroxylation sites is 1. The van der Waals surface area contributed by atoms with Gasteiger partial charge in [0.1, 0.15) is 12.1 Å². The number of rotatable bonds is 6. The molecule has 1 aliphatic rings. The van der Waals surface area contributed by atoms with E-state index in [1.165, 1.54) is 7.11 Å². The maximum absolute atomic E-state index is 13.1. The fourth-order valence-electron chi connectivity index (χ4n) is 4.07. The maximum Gasteiger partial charge on any atom is 0.328 e. The predicted octanol–water partition coefficient (Wildman–Crippen LogP) is 1.72. The van der Waals surface area contributed by atoms with Crippen LogP contribution in [0.15, 0.2) is 42.6 Å². The molecule has 188 valence electrons. The number of carbonyl (C=O) groups is 3. The number of halogens is 1. The third-order valence-corrected chi connectivity index (χ3v) is 6.02. The number of fused-ring (bicyclic) bond motifs is 5. The van der Waals surface area contributed by atoms with Gasteiger partial charge < -0.3 is 25.3 Å². The highest BCUT2D eigenvalue weighted by atomic mass is 35.5. The van der Waals surface area contributed by atoms with Gasteiger partial charge in [0.15, 0.2) is 0 Å². The van der Waals surface area contributed by atoms with Crippen LogP contribution in [0.25, 0.3) is 10.9 Å². The van der Waals surface area contributed by atoms with E-state index in [2.05, 4.69) is 25.4 Å². The number of benzene rings is 1. The van der Waals surface area contributed by atoms with Crippen LogP contribution in [0, 0.1) is 5.41 Å². The molecular weight excluding hydrogens is 472 g/mol. The van der Waals surface area contributed by atoms with Crippen molar-refractivity contribution in [2.24, 2.45) is 0 Å². The zero-order valence-corrected chi connectivity index (χ0v) is 20.4. The summed E-state index contributed by atoms with van der Waals surface area (Å²) in [6.07, 6.45) is 7.75. The number of hydrogen-bond donors (Lipinski definition) is 5. The highest BCUT2D eigenvalue weighted by Crippen LogP contribution is 2.22. The van der Waals surface area contributed by atoms with E-state index >= 15 is 0 Å². The van der Waals surface area contributed by atoms with Crippen LogP contribution in [0.4, 0.5) is 0 Å². The van der Waals surface area contributed by atoms with Gasteiger partial charge in [0, 0.05) is 42.0 Å². The smallest absolute Gasteiger partial charge is 0.328 e. The second kappa shape index (κ2) is 12.8. The summed E-state index contributed by atoms with van der Waals surface area (Å²) in [5.74, 6) is -1.28. The third-order valence-electron chi connectivity index (χ3n) is 5.83. The number of carbonyl (C=O) groups excluding carboxylic acids is 3. The molecule has 1 aromatic carbocycles. The summed E-state index contributed by atoms with van der Waals surface area (Å²) in [7, 11) is 1.27. The van der Waals surface area contributed by atoms with E-state index < -0.39 is 24.0 Å². The average Bonchev–Trinajstić information content (AvgIpc) is 3.20. The lowest BCUT2D eigenvalue weighted by molar-refractivity contribution is -0.145. The highest BCUT2D eigenvalue weighted by Gasteiger charge is 2.27. The van der Waals surface area contributed by atoms with E-state index in [9.17, 15) is 14.4 Å². The zero-order chi connectivity index (χ0) is 25.2. The van der Waals surface area contributed by atoms with Crippen molar-refractivity contribution in [3.05, 3.63) is 48.2 Å². The molecule has 0 fully saturated rings. The first-order valence-electron chi connectivity index (χ1n) is 11.5. The molecular formula is C24H31ClN6O4. The van der Waals surface area contributed by atoms with E-state index in [1.54, 1.807) is 0 Å². The monoisotopic (exact) mass is 502 g/mol. The number of ether oxygens (including phenoxy) is 1. The van der Waals surface area contributed by atoms with Gasteiger partial charge in [0.25, 0.3) is 0 Å². The molecule has 2 heterocycles. The Morgan fingerprint density at radius 1 is 1.23 bits per heavy atom. The molecule has 35 heavy (non-hydrogen) atoms. The quantitative estimate of drug-likeness (QED) is 0.102. The molecule has 5 N–H and O–H groups in total. The van der Waals surface area contributed by atoms with Crippen molar-refractivity contribution in [2.45, 2.75) is 50.7 Å². The number of nitrogens with one attached hydrogen (secondary N) is 5. The van der Waals surface area contributed by atoms with Crippen molar-refractivity contribution in [3.63, 3.8) is 0 Å². The number of esters is 1. The number of amides is 2. The molecule has 2 atom stereocenters. The van der Waals surface area contributed by atoms with E-state index in [4.69, 9.17) is 21.9 Å². The van der Waals surface area contributed by atoms with Gasteiger partial charge in [0.05, 0.1) is 13.5 Å². The van der Waals surface area contributed by atoms with Gasteiger partial charge in [-0.3, -0.25) is 19.8 Å². The van der Waals surface area contributed by atoms with Crippen molar-refractivity contribution in [2.75, 3.05) is 13.7 Å². The summed E-state index contributed by atoms with van der Waals surface area (Å²) in [5, 5.41) is 16.8. The van der Waals surface area contributed by atoms with Gasteiger partial charge in [-0.15, -0.1) is 0 Å². The molecule has 0 saturated heterocycles. The minimum absolute atomic E-state index is 0.0103. The average molecular weight is 503 g/mol. The van der Waals surface area contributed by atoms with Crippen LogP contribution in [0.2, 0.25) is 0 Å². The molecule has 0 saturated carbocycles. The summed E-state index contributed by atoms with van der Waals surface area (Å²) in [4.78, 5) is 40.5. The van der Waals surface area contributed by atoms with Crippen molar-refractivity contribution >= 4 is 46.4 Å². The second-order valence-electron chi connectivity index (χ2n) is 8.30. The second-order valence-corrected chi connectivity index (χ2v) is 8.49. The van der Waals surface area contributed by atoms with Crippen molar-refractivity contribution in [3.8, 4) is 0 Å². The van der Waals surface area contributed by atoms with Crippen molar-refractivity contribution < 1.29 is 19.1 Å². The van der Waals surface area contributed by atoms with Crippen LogP contribution in [0.3, 0.4) is 0 Å². The van der Waals surface area contributed by atoms with Gasteiger partial charge in [-0.25, -0.2) is 4.79 Å². The third kappa shape index (κ3) is 7.22. The molecule has 0 spiro atoms. The topological polar surface area (TPSA) is 137 Å². The number of nitrogens with zero attached hydrogens (tertiary/aromatic N) is 1. The summed E-state index contributed by atoms with van der Waals surface area (Å²) in [5.41, 5.74) is 1.89. The van der Waals surface area contributed by atoms with E-state index in [0.29, 0.717) is 32.4 Å². The minimum atomic E-state index is -0.861. The van der Waals surface area contributed by atoms with E-state index in [0.717, 1.165) is 16.5 Å². The SMILES string of the molecule is COC(=O)[C@H]1CC=CCn2cc(c3ccccc32)CC(=O)N[C@@H](CCCCNC(=N)NCl)C(=O)N1. The molecule has 0 radical (unpaired) electrons. The van der Waals surface area contributed by atoms with Crippen LogP contribution in [0.1, 0.15) is 31.2 Å². The Labute approximate surface area is 209 Å². The largest absolute Gasteiger partial charge is 0.467 e. The van der Waals surface area contributed by atoms with Crippen molar-refractivity contribution in [1.82, 2.24) is 25.4 Å². The van der Waals surface area contributed by atoms with Crippen LogP contribution in [-0.4, -0.2) is 54.0 Å². The van der Waals surface area contributed by atoms with Gasteiger partial charge in [-0.1, -0.05) is 30.4 Å².